The van der Waals surface area contributed by atoms with Gasteiger partial charge in [0, 0.05) is 23.3 Å². The quantitative estimate of drug-likeness (QED) is 0.405. The number of aromatic nitrogens is 1. The number of hydrogen-bond donors (Lipinski definition) is 1. The van der Waals surface area contributed by atoms with Crippen molar-refractivity contribution in [2.75, 3.05) is 26.6 Å². The van der Waals surface area contributed by atoms with Crippen LogP contribution >= 0.6 is 0 Å². The Morgan fingerprint density at radius 1 is 0.818 bits per heavy atom. The lowest BCUT2D eigenvalue weighted by atomic mass is 10.1. The first-order valence-corrected chi connectivity index (χ1v) is 11.6. The predicted octanol–water partition coefficient (Wildman–Crippen LogP) is 5.15. The highest BCUT2D eigenvalue weighted by Crippen LogP contribution is 2.40. The Kier molecular flexibility index (Phi) is 6.11. The van der Waals surface area contributed by atoms with E-state index in [1.165, 1.54) is 39.7 Å². The zero-order valence-corrected chi connectivity index (χ0v) is 19.6. The highest BCUT2D eigenvalue weighted by atomic mass is 32.2. The summed E-state index contributed by atoms with van der Waals surface area (Å²) in [5.41, 5.74) is 2.81. The van der Waals surface area contributed by atoms with Gasteiger partial charge in [-0.2, -0.15) is 0 Å². The average Bonchev–Trinajstić information content (AvgIpc) is 2.84. The van der Waals surface area contributed by atoms with Crippen molar-refractivity contribution in [3.05, 3.63) is 72.4 Å². The van der Waals surface area contributed by atoms with Gasteiger partial charge in [0.15, 0.2) is 11.5 Å². The zero-order chi connectivity index (χ0) is 23.6. The molecule has 0 fully saturated rings. The van der Waals surface area contributed by atoms with Crippen molar-refractivity contribution < 1.29 is 22.6 Å². The van der Waals surface area contributed by atoms with E-state index >= 15 is 0 Å². The van der Waals surface area contributed by atoms with Crippen LogP contribution in [0.5, 0.6) is 17.2 Å². The fraction of sp³-hybridized carbons (Fsp3) is 0.160. The second kappa shape index (κ2) is 8.99. The van der Waals surface area contributed by atoms with E-state index in [1.807, 2.05) is 31.2 Å². The van der Waals surface area contributed by atoms with Gasteiger partial charge in [-0.05, 0) is 49.4 Å². The monoisotopic (exact) mass is 464 g/mol. The molecule has 0 aliphatic carbocycles. The summed E-state index contributed by atoms with van der Waals surface area (Å²) in [4.78, 5) is 4.61. The van der Waals surface area contributed by atoms with Gasteiger partial charge in [0.05, 0.1) is 37.4 Å². The molecule has 7 nitrogen and oxygen atoms in total. The summed E-state index contributed by atoms with van der Waals surface area (Å²) in [5.74, 6) is 1.54. The van der Waals surface area contributed by atoms with Crippen LogP contribution in [0.4, 0.5) is 11.4 Å². The van der Waals surface area contributed by atoms with Crippen LogP contribution in [0.15, 0.2) is 76.7 Å². The van der Waals surface area contributed by atoms with Crippen molar-refractivity contribution >= 4 is 32.1 Å². The molecular formula is C25H24N2O5S. The van der Waals surface area contributed by atoms with Crippen LogP contribution < -0.4 is 19.5 Å². The number of ether oxygens (including phenoxy) is 3. The molecule has 0 amide bonds. The summed E-state index contributed by atoms with van der Waals surface area (Å²) >= 11 is 0. The normalized spacial score (nSPS) is 11.3. The Balaban J connectivity index is 1.96. The van der Waals surface area contributed by atoms with Gasteiger partial charge in [-0.3, -0.25) is 4.98 Å². The average molecular weight is 465 g/mol. The minimum atomic E-state index is -3.90. The lowest BCUT2D eigenvalue weighted by molar-refractivity contribution is 0.356. The van der Waals surface area contributed by atoms with Crippen molar-refractivity contribution in [2.45, 2.75) is 16.7 Å². The molecule has 8 heteroatoms. The standard InChI is InChI=1S/C25H24N2O5S/c1-16-5-7-17(8-6-16)27-25-20-13-22(31-3)23(32-4)14-21(20)26-15-24(25)33(28,29)19-11-9-18(30-2)10-12-19/h5-15H,1-4H3,(H,26,27). The first-order valence-electron chi connectivity index (χ1n) is 10.1. The van der Waals surface area contributed by atoms with Gasteiger partial charge in [0.25, 0.3) is 0 Å². The number of rotatable bonds is 7. The minimum Gasteiger partial charge on any atom is -0.497 e. The molecule has 0 aliphatic rings. The number of sulfone groups is 1. The highest BCUT2D eigenvalue weighted by molar-refractivity contribution is 7.91. The van der Waals surface area contributed by atoms with Crippen LogP contribution in [0, 0.1) is 6.92 Å². The molecule has 0 saturated carbocycles. The Bertz CT molecular complexity index is 1400. The number of nitrogens with one attached hydrogen (secondary N) is 1. The molecule has 0 atom stereocenters. The van der Waals surface area contributed by atoms with Gasteiger partial charge in [-0.1, -0.05) is 17.7 Å². The third kappa shape index (κ3) is 4.29. The van der Waals surface area contributed by atoms with Gasteiger partial charge in [0.2, 0.25) is 9.84 Å². The number of methoxy groups -OCH3 is 3. The van der Waals surface area contributed by atoms with Crippen LogP contribution in [0.2, 0.25) is 0 Å². The lowest BCUT2D eigenvalue weighted by Gasteiger charge is -2.17. The molecule has 3 aromatic carbocycles. The van der Waals surface area contributed by atoms with Crippen molar-refractivity contribution in [3.63, 3.8) is 0 Å². The first kappa shape index (κ1) is 22.4. The summed E-state index contributed by atoms with van der Waals surface area (Å²) < 4.78 is 43.3. The van der Waals surface area contributed by atoms with Crippen LogP contribution in [0.25, 0.3) is 10.9 Å². The fourth-order valence-corrected chi connectivity index (χ4v) is 4.87. The molecule has 0 aliphatic heterocycles. The maximum Gasteiger partial charge on any atom is 0.210 e. The van der Waals surface area contributed by atoms with Gasteiger partial charge in [-0.25, -0.2) is 8.42 Å². The third-order valence-electron chi connectivity index (χ3n) is 5.32. The van der Waals surface area contributed by atoms with E-state index in [1.54, 1.807) is 24.3 Å². The van der Waals surface area contributed by atoms with Crippen molar-refractivity contribution in [1.29, 1.82) is 0 Å². The number of benzene rings is 3. The van der Waals surface area contributed by atoms with Crippen LogP contribution in [-0.2, 0) is 9.84 Å². The minimum absolute atomic E-state index is 0.0490. The number of nitrogens with zero attached hydrogens (tertiary/aromatic N) is 1. The Morgan fingerprint density at radius 3 is 2.06 bits per heavy atom. The Labute approximate surface area is 192 Å². The zero-order valence-electron chi connectivity index (χ0n) is 18.7. The van der Waals surface area contributed by atoms with E-state index in [2.05, 4.69) is 10.3 Å². The van der Waals surface area contributed by atoms with Crippen molar-refractivity contribution in [2.24, 2.45) is 0 Å². The maximum atomic E-state index is 13.6. The molecule has 0 saturated heterocycles. The highest BCUT2D eigenvalue weighted by Gasteiger charge is 2.25. The van der Waals surface area contributed by atoms with Crippen LogP contribution in [0.3, 0.4) is 0 Å². The smallest absolute Gasteiger partial charge is 0.210 e. The lowest BCUT2D eigenvalue weighted by Crippen LogP contribution is -2.08. The third-order valence-corrected chi connectivity index (χ3v) is 7.10. The Morgan fingerprint density at radius 2 is 1.45 bits per heavy atom. The molecule has 1 aromatic heterocycles. The molecule has 1 N–H and O–H groups in total. The topological polar surface area (TPSA) is 86.8 Å². The molecule has 0 spiro atoms. The van der Waals surface area contributed by atoms with Crippen LogP contribution in [-0.4, -0.2) is 34.7 Å². The molecule has 0 radical (unpaired) electrons. The maximum absolute atomic E-state index is 13.6. The van der Waals surface area contributed by atoms with Crippen molar-refractivity contribution in [3.8, 4) is 17.2 Å². The van der Waals surface area contributed by atoms with E-state index in [0.717, 1.165) is 11.3 Å². The summed E-state index contributed by atoms with van der Waals surface area (Å²) in [6.45, 7) is 1.99. The van der Waals surface area contributed by atoms with Crippen molar-refractivity contribution in [1.82, 2.24) is 4.98 Å². The molecule has 33 heavy (non-hydrogen) atoms. The van der Waals surface area contributed by atoms with Gasteiger partial charge in [-0.15, -0.1) is 0 Å². The van der Waals surface area contributed by atoms with Gasteiger partial charge >= 0.3 is 0 Å². The number of fused-ring (bicyclic) bond motifs is 1. The second-order valence-electron chi connectivity index (χ2n) is 7.39. The molecular weight excluding hydrogens is 440 g/mol. The van der Waals surface area contributed by atoms with Gasteiger partial charge < -0.3 is 19.5 Å². The molecule has 1 heterocycles. The van der Waals surface area contributed by atoms with Gasteiger partial charge in [0.1, 0.15) is 10.6 Å². The molecule has 170 valence electrons. The van der Waals surface area contributed by atoms with Crippen LogP contribution in [0.1, 0.15) is 5.56 Å². The second-order valence-corrected chi connectivity index (χ2v) is 9.31. The van der Waals surface area contributed by atoms with E-state index in [9.17, 15) is 8.42 Å². The number of aryl methyl sites for hydroxylation is 1. The summed E-state index contributed by atoms with van der Waals surface area (Å²) in [7, 11) is 0.697. The largest absolute Gasteiger partial charge is 0.497 e. The van der Waals surface area contributed by atoms with E-state index in [4.69, 9.17) is 14.2 Å². The molecule has 4 rings (SSSR count). The molecule has 0 unspecified atom stereocenters. The predicted molar refractivity (Wildman–Crippen MR) is 128 cm³/mol. The number of hydrogen-bond acceptors (Lipinski definition) is 7. The van der Waals surface area contributed by atoms with E-state index in [0.29, 0.717) is 33.8 Å². The van der Waals surface area contributed by atoms with E-state index < -0.39 is 9.84 Å². The number of anilines is 2. The summed E-state index contributed by atoms with van der Waals surface area (Å²) in [6.07, 6.45) is 1.37. The SMILES string of the molecule is COc1ccc(S(=O)(=O)c2cnc3cc(OC)c(OC)cc3c2Nc2ccc(C)cc2)cc1. The molecule has 4 aromatic rings. The fourth-order valence-electron chi connectivity index (χ4n) is 3.50. The summed E-state index contributed by atoms with van der Waals surface area (Å²) in [5, 5.41) is 3.88. The first-order chi connectivity index (χ1) is 15.9. The summed E-state index contributed by atoms with van der Waals surface area (Å²) in [6, 6.07) is 17.4. The Hall–Kier alpha value is -3.78. The number of pyridine rings is 1. The van der Waals surface area contributed by atoms with E-state index in [-0.39, 0.29) is 9.79 Å². The molecule has 0 bridgehead atoms.